The minimum absolute atomic E-state index is 0.0108. The highest BCUT2D eigenvalue weighted by atomic mass is 32.2. The zero-order chi connectivity index (χ0) is 25.0. The van der Waals surface area contributed by atoms with Gasteiger partial charge in [-0.05, 0) is 48.0 Å². The van der Waals surface area contributed by atoms with E-state index in [1.165, 1.54) is 41.3 Å². The molecule has 3 aromatic carbocycles. The summed E-state index contributed by atoms with van der Waals surface area (Å²) < 4.78 is 52.8. The molecule has 2 amide bonds. The van der Waals surface area contributed by atoms with Crippen LogP contribution in [-0.2, 0) is 22.3 Å². The number of alkyl halides is 3. The van der Waals surface area contributed by atoms with E-state index in [1.807, 2.05) is 0 Å². The van der Waals surface area contributed by atoms with Crippen LogP contribution in [0.4, 0.5) is 28.9 Å². The predicted octanol–water partition coefficient (Wildman–Crippen LogP) is 6.01. The monoisotopic (exact) mass is 501 g/mol. The number of carbonyl (C=O) groups excluding carboxylic acids is 2. The molecule has 0 spiro atoms. The number of nitrogens with zero attached hydrogens (tertiary/aromatic N) is 2. The first-order valence-corrected chi connectivity index (χ1v) is 11.4. The van der Waals surface area contributed by atoms with Gasteiger partial charge in [0.25, 0.3) is 0 Å². The lowest BCUT2D eigenvalue weighted by Crippen LogP contribution is -2.44. The van der Waals surface area contributed by atoms with Gasteiger partial charge in [-0.3, -0.25) is 14.5 Å². The van der Waals surface area contributed by atoms with Crippen molar-refractivity contribution in [2.45, 2.75) is 24.4 Å². The van der Waals surface area contributed by atoms with Gasteiger partial charge in [0.15, 0.2) is 5.17 Å². The topological polar surface area (TPSA) is 61.8 Å². The molecule has 0 radical (unpaired) electrons. The number of halogens is 4. The molecule has 1 atom stereocenters. The second kappa shape index (κ2) is 10.3. The van der Waals surface area contributed by atoms with E-state index in [2.05, 4.69) is 10.3 Å². The number of para-hydroxylation sites is 1. The molecule has 4 rings (SSSR count). The van der Waals surface area contributed by atoms with E-state index in [0.29, 0.717) is 11.3 Å². The van der Waals surface area contributed by atoms with E-state index in [9.17, 15) is 27.2 Å². The lowest BCUT2D eigenvalue weighted by atomic mass is 10.2. The zero-order valence-corrected chi connectivity index (χ0v) is 18.9. The number of rotatable bonds is 5. The second-order valence-corrected chi connectivity index (χ2v) is 8.88. The number of hydrogen-bond acceptors (Lipinski definition) is 4. The van der Waals surface area contributed by atoms with Crippen LogP contribution in [0.25, 0.3) is 0 Å². The number of benzene rings is 3. The highest BCUT2D eigenvalue weighted by Crippen LogP contribution is 2.34. The Morgan fingerprint density at radius 1 is 1.03 bits per heavy atom. The summed E-state index contributed by atoms with van der Waals surface area (Å²) in [5.74, 6) is -1.29. The Morgan fingerprint density at radius 3 is 2.43 bits per heavy atom. The van der Waals surface area contributed by atoms with Gasteiger partial charge in [0.2, 0.25) is 11.8 Å². The number of carbonyl (C=O) groups is 2. The van der Waals surface area contributed by atoms with Crippen molar-refractivity contribution in [1.82, 2.24) is 4.90 Å². The van der Waals surface area contributed by atoms with Gasteiger partial charge in [0.05, 0.1) is 17.8 Å². The molecule has 0 bridgehead atoms. The molecule has 0 saturated carbocycles. The Balaban J connectivity index is 1.64. The maximum absolute atomic E-state index is 13.3. The summed E-state index contributed by atoms with van der Waals surface area (Å²) in [6.45, 7) is 0.0247. The third-order valence-electron chi connectivity index (χ3n) is 5.13. The van der Waals surface area contributed by atoms with E-state index in [-0.39, 0.29) is 23.8 Å². The third-order valence-corrected chi connectivity index (χ3v) is 6.31. The summed E-state index contributed by atoms with van der Waals surface area (Å²) in [5.41, 5.74) is 0.262. The van der Waals surface area contributed by atoms with Crippen LogP contribution >= 0.6 is 11.8 Å². The minimum Gasteiger partial charge on any atom is -0.325 e. The molecule has 35 heavy (non-hydrogen) atoms. The first-order chi connectivity index (χ1) is 16.7. The predicted molar refractivity (Wildman–Crippen MR) is 127 cm³/mol. The normalized spacial score (nSPS) is 17.5. The summed E-state index contributed by atoms with van der Waals surface area (Å²) in [6.07, 6.45) is -4.69. The van der Waals surface area contributed by atoms with Crippen molar-refractivity contribution in [2.75, 3.05) is 5.32 Å². The van der Waals surface area contributed by atoms with Crippen molar-refractivity contribution in [1.29, 1.82) is 0 Å². The Labute approximate surface area is 202 Å². The smallest absolute Gasteiger partial charge is 0.325 e. The molecule has 1 aliphatic heterocycles. The summed E-state index contributed by atoms with van der Waals surface area (Å²) in [7, 11) is 0. The van der Waals surface area contributed by atoms with Crippen molar-refractivity contribution < 1.29 is 27.2 Å². The molecule has 3 aromatic rings. The van der Waals surface area contributed by atoms with Crippen LogP contribution in [0.1, 0.15) is 17.5 Å². The van der Waals surface area contributed by atoms with Gasteiger partial charge < -0.3 is 5.32 Å². The summed E-state index contributed by atoms with van der Waals surface area (Å²) >= 11 is 0.989. The minimum atomic E-state index is -4.56. The van der Waals surface area contributed by atoms with E-state index in [0.717, 1.165) is 23.9 Å². The van der Waals surface area contributed by atoms with Crippen LogP contribution in [0.3, 0.4) is 0 Å². The zero-order valence-electron chi connectivity index (χ0n) is 18.1. The van der Waals surface area contributed by atoms with Crippen LogP contribution in [0.2, 0.25) is 0 Å². The van der Waals surface area contributed by atoms with Gasteiger partial charge in [-0.15, -0.1) is 0 Å². The van der Waals surface area contributed by atoms with Crippen molar-refractivity contribution in [3.63, 3.8) is 0 Å². The number of nitrogens with one attached hydrogen (secondary N) is 1. The van der Waals surface area contributed by atoms with Crippen molar-refractivity contribution >= 4 is 40.1 Å². The molecule has 1 unspecified atom stereocenters. The van der Waals surface area contributed by atoms with Crippen LogP contribution in [0, 0.1) is 5.82 Å². The van der Waals surface area contributed by atoms with Crippen LogP contribution in [-0.4, -0.2) is 27.1 Å². The van der Waals surface area contributed by atoms with E-state index >= 15 is 0 Å². The Kier molecular flexibility index (Phi) is 7.20. The fourth-order valence-corrected chi connectivity index (χ4v) is 4.47. The van der Waals surface area contributed by atoms with Gasteiger partial charge in [-0.1, -0.05) is 48.2 Å². The fraction of sp³-hybridized carbons (Fsp3) is 0.160. The molecule has 1 fully saturated rings. The van der Waals surface area contributed by atoms with Gasteiger partial charge in [-0.25, -0.2) is 9.38 Å². The van der Waals surface area contributed by atoms with Gasteiger partial charge in [0.1, 0.15) is 11.1 Å². The highest BCUT2D eigenvalue weighted by Gasteiger charge is 2.36. The molecule has 0 aromatic heterocycles. The number of thioether (sulfide) groups is 1. The Bertz CT molecular complexity index is 1250. The molecule has 1 aliphatic rings. The third kappa shape index (κ3) is 6.27. The molecule has 1 saturated heterocycles. The highest BCUT2D eigenvalue weighted by molar-refractivity contribution is 8.15. The van der Waals surface area contributed by atoms with Gasteiger partial charge in [0, 0.05) is 12.1 Å². The van der Waals surface area contributed by atoms with Gasteiger partial charge in [-0.2, -0.15) is 13.2 Å². The number of hydrogen-bond donors (Lipinski definition) is 1. The summed E-state index contributed by atoms with van der Waals surface area (Å²) in [4.78, 5) is 31.5. The first kappa shape index (κ1) is 24.5. The largest absolute Gasteiger partial charge is 0.416 e. The average molecular weight is 502 g/mol. The van der Waals surface area contributed by atoms with Gasteiger partial charge >= 0.3 is 6.18 Å². The van der Waals surface area contributed by atoms with Crippen LogP contribution in [0.5, 0.6) is 0 Å². The molecule has 1 N–H and O–H groups in total. The number of anilines is 1. The number of amides is 2. The Morgan fingerprint density at radius 2 is 1.74 bits per heavy atom. The molecular formula is C25H19F4N3O2S. The maximum atomic E-state index is 13.3. The van der Waals surface area contributed by atoms with Crippen LogP contribution in [0.15, 0.2) is 83.9 Å². The molecule has 180 valence electrons. The molecular weight excluding hydrogens is 482 g/mol. The van der Waals surface area contributed by atoms with Crippen molar-refractivity contribution in [3.8, 4) is 0 Å². The van der Waals surface area contributed by atoms with Crippen molar-refractivity contribution in [2.24, 2.45) is 4.99 Å². The number of amidine groups is 1. The molecule has 1 heterocycles. The lowest BCUT2D eigenvalue weighted by molar-refractivity contribution is -0.137. The van der Waals surface area contributed by atoms with Crippen LogP contribution < -0.4 is 5.32 Å². The SMILES string of the molecule is O=C(Nc1ccccc1)C1CC(=O)N(Cc2ccc(F)cc2)C(=Nc2cccc(C(F)(F)F)c2)S1. The quantitative estimate of drug-likeness (QED) is 0.436. The standard InChI is InChI=1S/C25H19F4N3O2S/c26-18-11-9-16(10-12-18)15-32-22(33)14-21(23(34)30-19-6-2-1-3-7-19)35-24(32)31-20-8-4-5-17(13-20)25(27,28)29/h1-13,21H,14-15H2,(H,30,34). The lowest BCUT2D eigenvalue weighted by Gasteiger charge is -2.32. The second-order valence-electron chi connectivity index (χ2n) is 7.71. The van der Waals surface area contributed by atoms with Crippen molar-refractivity contribution in [3.05, 3.63) is 95.8 Å². The van der Waals surface area contributed by atoms with E-state index < -0.39 is 34.6 Å². The number of aliphatic imine (C=N–C) groups is 1. The maximum Gasteiger partial charge on any atom is 0.416 e. The molecule has 0 aliphatic carbocycles. The summed E-state index contributed by atoms with van der Waals surface area (Å²) in [6, 6.07) is 18.6. The molecule has 5 nitrogen and oxygen atoms in total. The van der Waals surface area contributed by atoms with E-state index in [4.69, 9.17) is 0 Å². The Hall–Kier alpha value is -3.66. The average Bonchev–Trinajstić information content (AvgIpc) is 2.82. The summed E-state index contributed by atoms with van der Waals surface area (Å²) in [5, 5.41) is 1.99. The fourth-order valence-electron chi connectivity index (χ4n) is 3.38. The first-order valence-electron chi connectivity index (χ1n) is 10.5. The van der Waals surface area contributed by atoms with E-state index in [1.54, 1.807) is 30.3 Å². The molecule has 10 heteroatoms.